The maximum Gasteiger partial charge on any atom is 0.337 e. The Labute approximate surface area is 109 Å². The van der Waals surface area contributed by atoms with Gasteiger partial charge in [-0.1, -0.05) is 12.1 Å². The van der Waals surface area contributed by atoms with Gasteiger partial charge < -0.3 is 16.2 Å². The third-order valence-electron chi connectivity index (χ3n) is 2.87. The van der Waals surface area contributed by atoms with Gasteiger partial charge in [0.05, 0.1) is 16.9 Å². The van der Waals surface area contributed by atoms with Crippen LogP contribution in [0.15, 0.2) is 36.4 Å². The summed E-state index contributed by atoms with van der Waals surface area (Å²) in [6.45, 7) is 1.63. The molecule has 0 aromatic heterocycles. The second kappa shape index (κ2) is 4.97. The Hall–Kier alpha value is -2.56. The fourth-order valence-corrected chi connectivity index (χ4v) is 1.75. The van der Waals surface area contributed by atoms with Crippen LogP contribution in [0.5, 0.6) is 0 Å². The first-order valence-electron chi connectivity index (χ1n) is 5.64. The molecule has 0 saturated heterocycles. The van der Waals surface area contributed by atoms with Crippen LogP contribution in [0.3, 0.4) is 0 Å². The zero-order chi connectivity index (χ0) is 14.0. The maximum absolute atomic E-state index is 13.4. The number of para-hydroxylation sites is 1. The Kier molecular flexibility index (Phi) is 3.37. The summed E-state index contributed by atoms with van der Waals surface area (Å²) in [4.78, 5) is 11.0. The van der Waals surface area contributed by atoms with E-state index in [2.05, 4.69) is 5.32 Å². The van der Waals surface area contributed by atoms with Crippen molar-refractivity contribution in [3.63, 3.8) is 0 Å². The molecule has 0 aliphatic rings. The van der Waals surface area contributed by atoms with E-state index in [9.17, 15) is 9.18 Å². The van der Waals surface area contributed by atoms with Gasteiger partial charge in [0.2, 0.25) is 0 Å². The molecular formula is C14H13FN2O2. The molecule has 0 fully saturated rings. The number of carbonyl (C=O) groups is 1. The van der Waals surface area contributed by atoms with Crippen LogP contribution in [0, 0.1) is 12.7 Å². The van der Waals surface area contributed by atoms with E-state index in [1.807, 2.05) is 0 Å². The molecule has 0 radical (unpaired) electrons. The first-order valence-corrected chi connectivity index (χ1v) is 5.64. The average molecular weight is 260 g/mol. The number of nitrogen functional groups attached to an aromatic ring is 1. The van der Waals surface area contributed by atoms with Gasteiger partial charge in [-0.2, -0.15) is 0 Å². The van der Waals surface area contributed by atoms with Crippen LogP contribution in [0.4, 0.5) is 21.5 Å². The van der Waals surface area contributed by atoms with Gasteiger partial charge in [-0.15, -0.1) is 0 Å². The largest absolute Gasteiger partial charge is 0.478 e. The highest BCUT2D eigenvalue weighted by atomic mass is 19.1. The molecule has 0 atom stereocenters. The van der Waals surface area contributed by atoms with Crippen molar-refractivity contribution in [2.45, 2.75) is 6.92 Å². The summed E-state index contributed by atoms with van der Waals surface area (Å²) in [6, 6.07) is 9.27. The fraction of sp³-hybridized carbons (Fsp3) is 0.0714. The summed E-state index contributed by atoms with van der Waals surface area (Å²) >= 11 is 0. The Morgan fingerprint density at radius 1 is 1.21 bits per heavy atom. The second-order valence-electron chi connectivity index (χ2n) is 4.11. The fourth-order valence-electron chi connectivity index (χ4n) is 1.75. The second-order valence-corrected chi connectivity index (χ2v) is 4.11. The third kappa shape index (κ3) is 2.49. The quantitative estimate of drug-likeness (QED) is 0.741. The van der Waals surface area contributed by atoms with E-state index in [0.29, 0.717) is 16.9 Å². The number of carboxylic acid groups (broad SMARTS) is 1. The summed E-state index contributed by atoms with van der Waals surface area (Å²) in [5.41, 5.74) is 7.36. The smallest absolute Gasteiger partial charge is 0.337 e. The molecule has 0 aliphatic heterocycles. The molecule has 19 heavy (non-hydrogen) atoms. The zero-order valence-electron chi connectivity index (χ0n) is 10.3. The number of aromatic carboxylic acids is 1. The zero-order valence-corrected chi connectivity index (χ0v) is 10.3. The lowest BCUT2D eigenvalue weighted by atomic mass is 10.1. The lowest BCUT2D eigenvalue weighted by molar-refractivity contribution is 0.0698. The SMILES string of the molecule is Cc1c(F)cccc1Nc1cccc(C(=O)O)c1N. The molecule has 5 heteroatoms. The molecule has 98 valence electrons. The molecule has 0 amide bonds. The third-order valence-corrected chi connectivity index (χ3v) is 2.87. The summed E-state index contributed by atoms with van der Waals surface area (Å²) in [6.07, 6.45) is 0. The number of nitrogens with one attached hydrogen (secondary N) is 1. The first-order chi connectivity index (χ1) is 9.00. The van der Waals surface area contributed by atoms with Crippen LogP contribution < -0.4 is 11.1 Å². The highest BCUT2D eigenvalue weighted by Crippen LogP contribution is 2.28. The van der Waals surface area contributed by atoms with Crippen LogP contribution in [-0.4, -0.2) is 11.1 Å². The minimum Gasteiger partial charge on any atom is -0.478 e. The van der Waals surface area contributed by atoms with Gasteiger partial charge in [-0.25, -0.2) is 9.18 Å². The Morgan fingerprint density at radius 3 is 2.53 bits per heavy atom. The molecule has 0 saturated carbocycles. The number of halogens is 1. The number of rotatable bonds is 3. The molecule has 0 unspecified atom stereocenters. The molecule has 0 heterocycles. The van der Waals surface area contributed by atoms with Crippen LogP contribution >= 0.6 is 0 Å². The van der Waals surface area contributed by atoms with Gasteiger partial charge in [-0.05, 0) is 31.2 Å². The first kappa shape index (κ1) is 12.9. The topological polar surface area (TPSA) is 75.3 Å². The van der Waals surface area contributed by atoms with Crippen molar-refractivity contribution in [2.75, 3.05) is 11.1 Å². The van der Waals surface area contributed by atoms with E-state index < -0.39 is 5.97 Å². The molecule has 0 aliphatic carbocycles. The highest BCUT2D eigenvalue weighted by molar-refractivity contribution is 5.97. The van der Waals surface area contributed by atoms with Gasteiger partial charge in [-0.3, -0.25) is 0 Å². The standard InChI is InChI=1S/C14H13FN2O2/c1-8-10(15)5-3-6-11(8)17-12-7-2-4-9(13(12)16)14(18)19/h2-7,17H,16H2,1H3,(H,18,19). The molecule has 0 spiro atoms. The molecule has 0 bridgehead atoms. The Bertz CT molecular complexity index is 641. The minimum absolute atomic E-state index is 0.0130. The predicted octanol–water partition coefficient (Wildman–Crippen LogP) is 3.16. The predicted molar refractivity (Wildman–Crippen MR) is 72.2 cm³/mol. The van der Waals surface area contributed by atoms with E-state index in [-0.39, 0.29) is 17.1 Å². The summed E-state index contributed by atoms with van der Waals surface area (Å²) < 4.78 is 13.4. The molecule has 2 aromatic carbocycles. The van der Waals surface area contributed by atoms with Crippen molar-refractivity contribution in [1.82, 2.24) is 0 Å². The lowest BCUT2D eigenvalue weighted by Crippen LogP contribution is -2.06. The van der Waals surface area contributed by atoms with Crippen molar-refractivity contribution >= 4 is 23.0 Å². The van der Waals surface area contributed by atoms with Gasteiger partial charge in [0.15, 0.2) is 0 Å². The molecular weight excluding hydrogens is 247 g/mol. The van der Waals surface area contributed by atoms with E-state index in [4.69, 9.17) is 10.8 Å². The van der Waals surface area contributed by atoms with Crippen molar-refractivity contribution in [1.29, 1.82) is 0 Å². The monoisotopic (exact) mass is 260 g/mol. The van der Waals surface area contributed by atoms with Crippen molar-refractivity contribution in [2.24, 2.45) is 0 Å². The normalized spacial score (nSPS) is 10.2. The van der Waals surface area contributed by atoms with Crippen molar-refractivity contribution < 1.29 is 14.3 Å². The van der Waals surface area contributed by atoms with Crippen LogP contribution in [-0.2, 0) is 0 Å². The van der Waals surface area contributed by atoms with Crippen LogP contribution in [0.25, 0.3) is 0 Å². The van der Waals surface area contributed by atoms with Gasteiger partial charge in [0, 0.05) is 11.3 Å². The molecule has 2 aromatic rings. The number of anilines is 3. The van der Waals surface area contributed by atoms with E-state index in [1.165, 1.54) is 12.1 Å². The van der Waals surface area contributed by atoms with Gasteiger partial charge in [0.1, 0.15) is 5.82 Å². The maximum atomic E-state index is 13.4. The van der Waals surface area contributed by atoms with Crippen LogP contribution in [0.1, 0.15) is 15.9 Å². The summed E-state index contributed by atoms with van der Waals surface area (Å²) in [7, 11) is 0. The van der Waals surface area contributed by atoms with Crippen LogP contribution in [0.2, 0.25) is 0 Å². The highest BCUT2D eigenvalue weighted by Gasteiger charge is 2.12. The number of nitrogens with two attached hydrogens (primary N) is 1. The number of hydrogen-bond acceptors (Lipinski definition) is 3. The van der Waals surface area contributed by atoms with Crippen molar-refractivity contribution in [3.8, 4) is 0 Å². The number of benzene rings is 2. The Morgan fingerprint density at radius 2 is 1.84 bits per heavy atom. The summed E-state index contributed by atoms with van der Waals surface area (Å²) in [5.74, 6) is -1.44. The number of carboxylic acids is 1. The van der Waals surface area contributed by atoms with E-state index >= 15 is 0 Å². The Balaban J connectivity index is 2.42. The molecule has 4 nitrogen and oxygen atoms in total. The number of hydrogen-bond donors (Lipinski definition) is 3. The van der Waals surface area contributed by atoms with Crippen molar-refractivity contribution in [3.05, 3.63) is 53.3 Å². The van der Waals surface area contributed by atoms with E-state index in [1.54, 1.807) is 31.2 Å². The summed E-state index contributed by atoms with van der Waals surface area (Å²) in [5, 5.41) is 11.9. The minimum atomic E-state index is -1.10. The molecule has 4 N–H and O–H groups in total. The lowest BCUT2D eigenvalue weighted by Gasteiger charge is -2.13. The van der Waals surface area contributed by atoms with E-state index in [0.717, 1.165) is 0 Å². The van der Waals surface area contributed by atoms with Gasteiger partial charge >= 0.3 is 5.97 Å². The average Bonchev–Trinajstić information content (AvgIpc) is 2.37. The van der Waals surface area contributed by atoms with Gasteiger partial charge in [0.25, 0.3) is 0 Å². The molecule has 2 rings (SSSR count).